The van der Waals surface area contributed by atoms with Crippen molar-refractivity contribution >= 4 is 28.4 Å². The zero-order chi connectivity index (χ0) is 19.2. The van der Waals surface area contributed by atoms with Crippen LogP contribution in [0, 0.1) is 0 Å². The molecule has 142 valence electrons. The molecule has 0 spiro atoms. The van der Waals surface area contributed by atoms with E-state index in [-0.39, 0.29) is 5.56 Å². The number of esters is 1. The summed E-state index contributed by atoms with van der Waals surface area (Å²) in [6.45, 7) is 2.24. The van der Waals surface area contributed by atoms with Gasteiger partial charge in [-0.15, -0.1) is 0 Å². The third kappa shape index (κ3) is 4.65. The molecule has 0 bridgehead atoms. The van der Waals surface area contributed by atoms with Crippen LogP contribution in [-0.4, -0.2) is 41.7 Å². The van der Waals surface area contributed by atoms with Gasteiger partial charge in [0.15, 0.2) is 18.1 Å². The molecule has 0 unspecified atom stereocenters. The third-order valence-electron chi connectivity index (χ3n) is 3.77. The van der Waals surface area contributed by atoms with Gasteiger partial charge in [-0.05, 0) is 24.3 Å². The van der Waals surface area contributed by atoms with E-state index in [0.717, 1.165) is 0 Å². The van der Waals surface area contributed by atoms with Crippen LogP contribution < -0.4 is 14.8 Å². The largest absolute Gasteiger partial charge is 0.486 e. The molecule has 27 heavy (non-hydrogen) atoms. The number of hydrogen-bond acceptors (Lipinski definition) is 6. The molecule has 7 nitrogen and oxygen atoms in total. The van der Waals surface area contributed by atoms with E-state index < -0.39 is 29.3 Å². The highest BCUT2D eigenvalue weighted by Crippen LogP contribution is 2.32. The van der Waals surface area contributed by atoms with Crippen LogP contribution >= 0.6 is 0 Å². The fourth-order valence-electron chi connectivity index (χ4n) is 2.52. The van der Waals surface area contributed by atoms with Crippen molar-refractivity contribution < 1.29 is 28.0 Å². The Morgan fingerprint density at radius 3 is 2.63 bits per heavy atom. The number of carbonyl (C=O) groups is 2. The van der Waals surface area contributed by atoms with Gasteiger partial charge >= 0.3 is 5.97 Å². The van der Waals surface area contributed by atoms with Crippen LogP contribution in [0.3, 0.4) is 0 Å². The lowest BCUT2D eigenvalue weighted by Crippen LogP contribution is -2.22. The molecule has 0 saturated heterocycles. The van der Waals surface area contributed by atoms with E-state index in [2.05, 4.69) is 5.32 Å². The first-order valence-electron chi connectivity index (χ1n) is 8.42. The molecule has 1 heterocycles. The first-order valence-corrected chi connectivity index (χ1v) is 9.74. The van der Waals surface area contributed by atoms with Crippen molar-refractivity contribution in [3.05, 3.63) is 48.0 Å². The summed E-state index contributed by atoms with van der Waals surface area (Å²) < 4.78 is 28.0. The molecule has 2 aromatic carbocycles. The molecule has 0 radical (unpaired) electrons. The lowest BCUT2D eigenvalue weighted by Gasteiger charge is -2.19. The number of benzene rings is 2. The topological polar surface area (TPSA) is 90.9 Å². The normalized spacial score (nSPS) is 13.5. The van der Waals surface area contributed by atoms with Crippen LogP contribution in [0.1, 0.15) is 17.3 Å². The molecule has 8 heteroatoms. The van der Waals surface area contributed by atoms with Gasteiger partial charge < -0.3 is 19.5 Å². The molecule has 2 aromatic rings. The number of ether oxygens (including phenoxy) is 3. The number of hydrogen-bond donors (Lipinski definition) is 1. The molecule has 1 N–H and O–H groups in total. The number of rotatable bonds is 6. The van der Waals surface area contributed by atoms with Gasteiger partial charge in [0.1, 0.15) is 13.2 Å². The summed E-state index contributed by atoms with van der Waals surface area (Å²) in [5.74, 6) is 0.367. The van der Waals surface area contributed by atoms with Crippen LogP contribution in [0.5, 0.6) is 11.5 Å². The monoisotopic (exact) mass is 389 g/mol. The molecule has 0 aromatic heterocycles. The van der Waals surface area contributed by atoms with Crippen molar-refractivity contribution in [3.8, 4) is 11.5 Å². The predicted octanol–water partition coefficient (Wildman–Crippen LogP) is 2.38. The van der Waals surface area contributed by atoms with Crippen molar-refractivity contribution in [3.63, 3.8) is 0 Å². The second kappa shape index (κ2) is 8.68. The molecule has 1 aliphatic rings. The van der Waals surface area contributed by atoms with E-state index in [4.69, 9.17) is 14.2 Å². The van der Waals surface area contributed by atoms with Crippen molar-refractivity contribution in [2.24, 2.45) is 0 Å². The molecular formula is C19H19NO6S. The van der Waals surface area contributed by atoms with Gasteiger partial charge in [-0.3, -0.25) is 9.00 Å². The van der Waals surface area contributed by atoms with E-state index in [1.165, 1.54) is 6.07 Å². The number of nitrogens with one attached hydrogen (secondary N) is 1. The maximum atomic E-state index is 12.3. The van der Waals surface area contributed by atoms with Crippen molar-refractivity contribution in [1.29, 1.82) is 0 Å². The van der Waals surface area contributed by atoms with Gasteiger partial charge in [-0.25, -0.2) is 4.79 Å². The number of fused-ring (bicyclic) bond motifs is 1. The Labute approximate surface area is 159 Å². The highest BCUT2D eigenvalue weighted by Gasteiger charge is 2.18. The molecule has 1 atom stereocenters. The summed E-state index contributed by atoms with van der Waals surface area (Å²) in [6.07, 6.45) is 0. The fraction of sp³-hybridized carbons (Fsp3) is 0.263. The highest BCUT2D eigenvalue weighted by molar-refractivity contribution is 7.85. The minimum atomic E-state index is -1.30. The Kier molecular flexibility index (Phi) is 6.08. The van der Waals surface area contributed by atoms with Crippen molar-refractivity contribution in [2.75, 3.05) is 30.9 Å². The zero-order valence-electron chi connectivity index (χ0n) is 14.7. The first-order chi connectivity index (χ1) is 13.1. The van der Waals surface area contributed by atoms with E-state index >= 15 is 0 Å². The van der Waals surface area contributed by atoms with Crippen LogP contribution in [-0.2, 0) is 20.3 Å². The van der Waals surface area contributed by atoms with E-state index in [1.807, 2.05) is 0 Å². The molecule has 0 aliphatic carbocycles. The van der Waals surface area contributed by atoms with Gasteiger partial charge in [-0.2, -0.15) is 0 Å². The van der Waals surface area contributed by atoms with Crippen LogP contribution in [0.2, 0.25) is 0 Å². The summed E-state index contributed by atoms with van der Waals surface area (Å²) in [4.78, 5) is 24.7. The van der Waals surface area contributed by atoms with Crippen molar-refractivity contribution in [1.82, 2.24) is 0 Å². The molecule has 1 amide bonds. The number of amides is 1. The average molecular weight is 389 g/mol. The minimum Gasteiger partial charge on any atom is -0.486 e. The lowest BCUT2D eigenvalue weighted by atomic mass is 10.2. The summed E-state index contributed by atoms with van der Waals surface area (Å²) in [7, 11) is -1.30. The Balaban J connectivity index is 1.60. The third-order valence-corrected chi connectivity index (χ3v) is 5.15. The predicted molar refractivity (Wildman–Crippen MR) is 99.7 cm³/mol. The first kappa shape index (κ1) is 18.9. The van der Waals surface area contributed by atoms with Crippen molar-refractivity contribution in [2.45, 2.75) is 11.8 Å². The molecule has 3 rings (SSSR count). The van der Waals surface area contributed by atoms with E-state index in [9.17, 15) is 13.8 Å². The second-order valence-corrected chi connectivity index (χ2v) is 7.32. The Morgan fingerprint density at radius 1 is 1.11 bits per heavy atom. The van der Waals surface area contributed by atoms with E-state index in [1.54, 1.807) is 43.3 Å². The lowest BCUT2D eigenvalue weighted by molar-refractivity contribution is -0.119. The minimum absolute atomic E-state index is 0.199. The van der Waals surface area contributed by atoms with Gasteiger partial charge in [0.05, 0.1) is 21.3 Å². The molecular weight excluding hydrogens is 370 g/mol. The molecule has 0 fully saturated rings. The van der Waals surface area contributed by atoms with Crippen LogP contribution in [0.15, 0.2) is 47.4 Å². The second-order valence-electron chi connectivity index (χ2n) is 5.61. The van der Waals surface area contributed by atoms with E-state index in [0.29, 0.717) is 41.0 Å². The van der Waals surface area contributed by atoms with Gasteiger partial charge in [0, 0.05) is 17.5 Å². The summed E-state index contributed by atoms with van der Waals surface area (Å²) in [5.41, 5.74) is 0.706. The molecule has 1 aliphatic heterocycles. The summed E-state index contributed by atoms with van der Waals surface area (Å²) in [6, 6.07) is 11.5. The quantitative estimate of drug-likeness (QED) is 0.763. The maximum absolute atomic E-state index is 12.3. The van der Waals surface area contributed by atoms with Crippen LogP contribution in [0.25, 0.3) is 0 Å². The Hall–Kier alpha value is -2.87. The van der Waals surface area contributed by atoms with Crippen LogP contribution in [0.4, 0.5) is 5.69 Å². The smallest absolute Gasteiger partial charge is 0.339 e. The standard InChI is InChI=1S/C19H19NO6S/c1-2-27(23)17-6-4-3-5-14(17)19(22)26-12-18(21)20-13-7-8-15-16(11-13)25-10-9-24-15/h3-8,11H,2,9-10,12H2,1H3,(H,20,21)/t27-/m0/s1. The van der Waals surface area contributed by atoms with Gasteiger partial charge in [0.2, 0.25) is 0 Å². The number of carbonyl (C=O) groups excluding carboxylic acids is 2. The Morgan fingerprint density at radius 2 is 1.85 bits per heavy atom. The summed E-state index contributed by atoms with van der Waals surface area (Å²) in [5, 5.41) is 2.64. The average Bonchev–Trinajstić information content (AvgIpc) is 2.71. The summed E-state index contributed by atoms with van der Waals surface area (Å²) >= 11 is 0. The fourth-order valence-corrected chi connectivity index (χ4v) is 3.45. The number of anilines is 1. The maximum Gasteiger partial charge on any atom is 0.339 e. The highest BCUT2D eigenvalue weighted by atomic mass is 32.2. The van der Waals surface area contributed by atoms with Gasteiger partial charge in [-0.1, -0.05) is 19.1 Å². The molecule has 0 saturated carbocycles. The van der Waals surface area contributed by atoms with Gasteiger partial charge in [0.25, 0.3) is 5.91 Å². The SMILES string of the molecule is CC[S@](=O)c1ccccc1C(=O)OCC(=O)Nc1ccc2c(c1)OCCO2. The Bertz CT molecular complexity index is 882. The zero-order valence-corrected chi connectivity index (χ0v) is 15.5.